The summed E-state index contributed by atoms with van der Waals surface area (Å²) in [6, 6.07) is 9.80. The lowest BCUT2D eigenvalue weighted by Crippen LogP contribution is -2.16. The van der Waals surface area contributed by atoms with Crippen molar-refractivity contribution in [3.05, 3.63) is 47.5 Å². The van der Waals surface area contributed by atoms with E-state index in [2.05, 4.69) is 0 Å². The van der Waals surface area contributed by atoms with Crippen molar-refractivity contribution in [2.75, 3.05) is 13.2 Å². The predicted octanol–water partition coefficient (Wildman–Crippen LogP) is 1.50. The summed E-state index contributed by atoms with van der Waals surface area (Å²) in [6.45, 7) is 2.45. The van der Waals surface area contributed by atoms with Gasteiger partial charge in [-0.25, -0.2) is 0 Å². The van der Waals surface area contributed by atoms with Gasteiger partial charge in [0.1, 0.15) is 0 Å². The number of aliphatic hydroxyl groups excluding tert-OH is 2. The van der Waals surface area contributed by atoms with Gasteiger partial charge in [-0.2, -0.15) is 0 Å². The van der Waals surface area contributed by atoms with Gasteiger partial charge < -0.3 is 14.9 Å². The van der Waals surface area contributed by atoms with Crippen LogP contribution in [0.15, 0.2) is 42.0 Å². The third-order valence-corrected chi connectivity index (χ3v) is 2.33. The first-order chi connectivity index (χ1) is 7.74. The van der Waals surface area contributed by atoms with Crippen molar-refractivity contribution >= 4 is 0 Å². The fourth-order valence-electron chi connectivity index (χ4n) is 1.27. The Hall–Kier alpha value is -1.16. The van der Waals surface area contributed by atoms with E-state index in [0.717, 1.165) is 11.1 Å². The first kappa shape index (κ1) is 12.9. The van der Waals surface area contributed by atoms with Crippen molar-refractivity contribution in [3.63, 3.8) is 0 Å². The van der Waals surface area contributed by atoms with E-state index in [1.807, 2.05) is 30.3 Å². The lowest BCUT2D eigenvalue weighted by atomic mass is 10.2. The van der Waals surface area contributed by atoms with Gasteiger partial charge in [0.05, 0.1) is 25.9 Å². The molecular formula is C13H18O3. The molecule has 0 heterocycles. The summed E-state index contributed by atoms with van der Waals surface area (Å²) in [6.07, 6.45) is 0.937. The fraction of sp³-hybridized carbons (Fsp3) is 0.385. The Morgan fingerprint density at radius 2 is 2.06 bits per heavy atom. The lowest BCUT2D eigenvalue weighted by molar-refractivity contribution is 0.0450. The SMILES string of the molecule is C/C(=C/CO)C(O)COCc1ccccc1. The van der Waals surface area contributed by atoms with Crippen LogP contribution in [0.3, 0.4) is 0 Å². The van der Waals surface area contributed by atoms with Gasteiger partial charge in [0, 0.05) is 0 Å². The van der Waals surface area contributed by atoms with Gasteiger partial charge in [-0.3, -0.25) is 0 Å². The topological polar surface area (TPSA) is 49.7 Å². The predicted molar refractivity (Wildman–Crippen MR) is 62.9 cm³/mol. The van der Waals surface area contributed by atoms with Gasteiger partial charge in [0.2, 0.25) is 0 Å². The first-order valence-electron chi connectivity index (χ1n) is 5.31. The van der Waals surface area contributed by atoms with E-state index >= 15 is 0 Å². The molecule has 0 saturated heterocycles. The Balaban J connectivity index is 2.28. The Bertz CT molecular complexity index is 319. The van der Waals surface area contributed by atoms with E-state index in [1.165, 1.54) is 0 Å². The minimum absolute atomic E-state index is 0.0540. The highest BCUT2D eigenvalue weighted by atomic mass is 16.5. The lowest BCUT2D eigenvalue weighted by Gasteiger charge is -2.11. The molecule has 0 fully saturated rings. The second-order valence-corrected chi connectivity index (χ2v) is 3.65. The molecule has 3 heteroatoms. The zero-order valence-electron chi connectivity index (χ0n) is 9.47. The van der Waals surface area contributed by atoms with Gasteiger partial charge in [0.15, 0.2) is 0 Å². The third kappa shape index (κ3) is 4.57. The highest BCUT2D eigenvalue weighted by Crippen LogP contribution is 2.04. The highest BCUT2D eigenvalue weighted by Gasteiger charge is 2.05. The van der Waals surface area contributed by atoms with Gasteiger partial charge in [-0.1, -0.05) is 36.4 Å². The zero-order chi connectivity index (χ0) is 11.8. The molecule has 88 valence electrons. The van der Waals surface area contributed by atoms with Crippen LogP contribution in [0.2, 0.25) is 0 Å². The molecule has 3 nitrogen and oxygen atoms in total. The van der Waals surface area contributed by atoms with E-state index in [9.17, 15) is 5.11 Å². The highest BCUT2D eigenvalue weighted by molar-refractivity contribution is 5.13. The standard InChI is InChI=1S/C13H18O3/c1-11(7-8-14)13(15)10-16-9-12-5-3-2-4-6-12/h2-7,13-15H,8-10H2,1H3/b11-7-. The van der Waals surface area contributed by atoms with Crippen molar-refractivity contribution in [3.8, 4) is 0 Å². The first-order valence-corrected chi connectivity index (χ1v) is 5.31. The van der Waals surface area contributed by atoms with Crippen molar-refractivity contribution < 1.29 is 14.9 Å². The van der Waals surface area contributed by atoms with Crippen molar-refractivity contribution in [2.24, 2.45) is 0 Å². The molecule has 16 heavy (non-hydrogen) atoms. The van der Waals surface area contributed by atoms with Gasteiger partial charge in [-0.15, -0.1) is 0 Å². The minimum atomic E-state index is -0.643. The smallest absolute Gasteiger partial charge is 0.0981 e. The number of rotatable bonds is 6. The molecule has 1 rings (SSSR count). The number of aliphatic hydroxyl groups is 2. The van der Waals surface area contributed by atoms with Gasteiger partial charge in [-0.05, 0) is 18.1 Å². The fourth-order valence-corrected chi connectivity index (χ4v) is 1.27. The second-order valence-electron chi connectivity index (χ2n) is 3.65. The molecule has 1 aromatic carbocycles. The van der Waals surface area contributed by atoms with Crippen molar-refractivity contribution in [1.82, 2.24) is 0 Å². The van der Waals surface area contributed by atoms with Crippen LogP contribution in [-0.2, 0) is 11.3 Å². The molecule has 0 spiro atoms. The van der Waals surface area contributed by atoms with Crippen molar-refractivity contribution in [2.45, 2.75) is 19.6 Å². The maximum atomic E-state index is 9.62. The normalized spacial score (nSPS) is 13.8. The largest absolute Gasteiger partial charge is 0.392 e. The van der Waals surface area contributed by atoms with E-state index in [-0.39, 0.29) is 13.2 Å². The third-order valence-electron chi connectivity index (χ3n) is 2.33. The van der Waals surface area contributed by atoms with Crippen molar-refractivity contribution in [1.29, 1.82) is 0 Å². The molecule has 1 aromatic rings. The Kier molecular flexibility index (Phi) is 5.78. The molecular weight excluding hydrogens is 204 g/mol. The molecule has 0 saturated carbocycles. The molecule has 1 atom stereocenters. The summed E-state index contributed by atoms with van der Waals surface area (Å²) in [5.41, 5.74) is 1.81. The van der Waals surface area contributed by atoms with E-state index in [0.29, 0.717) is 6.61 Å². The number of ether oxygens (including phenoxy) is 1. The van der Waals surface area contributed by atoms with Crippen LogP contribution in [0.25, 0.3) is 0 Å². The summed E-state index contributed by atoms with van der Waals surface area (Å²) in [5, 5.41) is 18.3. The Morgan fingerprint density at radius 1 is 1.38 bits per heavy atom. The zero-order valence-corrected chi connectivity index (χ0v) is 9.47. The minimum Gasteiger partial charge on any atom is -0.392 e. The monoisotopic (exact) mass is 222 g/mol. The summed E-state index contributed by atoms with van der Waals surface area (Å²) in [7, 11) is 0. The summed E-state index contributed by atoms with van der Waals surface area (Å²) < 4.78 is 5.38. The molecule has 0 aromatic heterocycles. The van der Waals surface area contributed by atoms with Crippen LogP contribution in [0.4, 0.5) is 0 Å². The van der Waals surface area contributed by atoms with Crippen LogP contribution >= 0.6 is 0 Å². The summed E-state index contributed by atoms with van der Waals surface area (Å²) >= 11 is 0. The van der Waals surface area contributed by atoms with E-state index < -0.39 is 6.10 Å². The molecule has 0 bridgehead atoms. The van der Waals surface area contributed by atoms with E-state index in [4.69, 9.17) is 9.84 Å². The van der Waals surface area contributed by atoms with Crippen LogP contribution in [0, 0.1) is 0 Å². The average molecular weight is 222 g/mol. The summed E-state index contributed by atoms with van der Waals surface area (Å²) in [5.74, 6) is 0. The molecule has 2 N–H and O–H groups in total. The average Bonchev–Trinajstić information content (AvgIpc) is 2.30. The maximum Gasteiger partial charge on any atom is 0.0981 e. The Morgan fingerprint density at radius 3 is 2.69 bits per heavy atom. The van der Waals surface area contributed by atoms with Crippen LogP contribution in [0.1, 0.15) is 12.5 Å². The molecule has 0 aliphatic heterocycles. The van der Waals surface area contributed by atoms with Crippen LogP contribution in [0.5, 0.6) is 0 Å². The molecule has 0 aliphatic carbocycles. The number of hydrogen-bond acceptors (Lipinski definition) is 3. The molecule has 1 unspecified atom stereocenters. The maximum absolute atomic E-state index is 9.62. The molecule has 0 aliphatic rings. The van der Waals surface area contributed by atoms with Gasteiger partial charge in [0.25, 0.3) is 0 Å². The number of benzene rings is 1. The number of hydrogen-bond donors (Lipinski definition) is 2. The summed E-state index contributed by atoms with van der Waals surface area (Å²) in [4.78, 5) is 0. The van der Waals surface area contributed by atoms with E-state index in [1.54, 1.807) is 13.0 Å². The quantitative estimate of drug-likeness (QED) is 0.717. The Labute approximate surface area is 96.0 Å². The van der Waals surface area contributed by atoms with Crippen LogP contribution < -0.4 is 0 Å². The van der Waals surface area contributed by atoms with Crippen LogP contribution in [-0.4, -0.2) is 29.5 Å². The molecule has 0 amide bonds. The second kappa shape index (κ2) is 7.17. The molecule has 0 radical (unpaired) electrons. The van der Waals surface area contributed by atoms with Gasteiger partial charge >= 0.3 is 0 Å².